The first-order valence-electron chi connectivity index (χ1n) is 5.20. The molecule has 1 aliphatic heterocycles. The van der Waals surface area contributed by atoms with Gasteiger partial charge in [0.15, 0.2) is 5.82 Å². The molecule has 78 valence electrons. The van der Waals surface area contributed by atoms with E-state index in [2.05, 4.69) is 22.3 Å². The summed E-state index contributed by atoms with van der Waals surface area (Å²) in [4.78, 5) is 4.42. The van der Waals surface area contributed by atoms with Crippen LogP contribution in [0.3, 0.4) is 0 Å². The van der Waals surface area contributed by atoms with Crippen molar-refractivity contribution < 1.29 is 0 Å². The fourth-order valence-electron chi connectivity index (χ4n) is 1.68. The maximum Gasteiger partial charge on any atom is 0.221 e. The van der Waals surface area contributed by atoms with Gasteiger partial charge in [0.1, 0.15) is 0 Å². The minimum Gasteiger partial charge on any atom is -0.354 e. The minimum atomic E-state index is 0.463. The molecule has 0 saturated heterocycles. The summed E-state index contributed by atoms with van der Waals surface area (Å²) in [6.45, 7) is 3.87. The van der Waals surface area contributed by atoms with Crippen LogP contribution in [0.4, 0.5) is 5.95 Å². The lowest BCUT2D eigenvalue weighted by Gasteiger charge is -2.20. The zero-order chi connectivity index (χ0) is 9.97. The molecule has 5 heteroatoms. The van der Waals surface area contributed by atoms with Gasteiger partial charge in [0.25, 0.3) is 0 Å². The third-order valence-electron chi connectivity index (χ3n) is 2.54. The Morgan fingerprint density at radius 3 is 3.21 bits per heavy atom. The van der Waals surface area contributed by atoms with Gasteiger partial charge in [-0.05, 0) is 26.3 Å². The van der Waals surface area contributed by atoms with Gasteiger partial charge in [0.2, 0.25) is 5.95 Å². The molecule has 0 radical (unpaired) electrons. The summed E-state index contributed by atoms with van der Waals surface area (Å²) in [6, 6.07) is 0.463. The number of nitrogens with one attached hydrogen (secondary N) is 1. The Labute approximate surface area is 83.7 Å². The number of nitrogens with two attached hydrogens (primary N) is 1. The first kappa shape index (κ1) is 9.45. The minimum absolute atomic E-state index is 0.463. The molecule has 5 nitrogen and oxygen atoms in total. The molecule has 0 amide bonds. The van der Waals surface area contributed by atoms with Crippen LogP contribution in [0.5, 0.6) is 0 Å². The van der Waals surface area contributed by atoms with Gasteiger partial charge in [0, 0.05) is 13.0 Å². The van der Waals surface area contributed by atoms with Gasteiger partial charge in [0.05, 0.1) is 6.04 Å². The Morgan fingerprint density at radius 1 is 1.64 bits per heavy atom. The number of fused-ring (bicyclic) bond motifs is 1. The Kier molecular flexibility index (Phi) is 2.67. The molecular weight excluding hydrogens is 178 g/mol. The third kappa shape index (κ3) is 1.72. The lowest BCUT2D eigenvalue weighted by atomic mass is 10.2. The standard InChI is InChI=1S/C9H17N5/c1-7-4-6-11-9-12-8(3-2-5-10)13-14(7)9/h7H,2-6,10H2,1H3,(H,11,12,13). The van der Waals surface area contributed by atoms with E-state index in [0.717, 1.165) is 37.6 Å². The number of hydrogen-bond donors (Lipinski definition) is 2. The molecule has 0 spiro atoms. The molecule has 0 bridgehead atoms. The van der Waals surface area contributed by atoms with Crippen LogP contribution in [-0.4, -0.2) is 27.9 Å². The van der Waals surface area contributed by atoms with Gasteiger partial charge < -0.3 is 11.1 Å². The molecule has 3 N–H and O–H groups in total. The summed E-state index contributed by atoms with van der Waals surface area (Å²) in [5.41, 5.74) is 5.45. The molecule has 1 unspecified atom stereocenters. The van der Waals surface area contributed by atoms with E-state index in [0.29, 0.717) is 12.6 Å². The second-order valence-corrected chi connectivity index (χ2v) is 3.75. The normalized spacial score (nSPS) is 20.3. The highest BCUT2D eigenvalue weighted by Crippen LogP contribution is 2.20. The maximum atomic E-state index is 5.45. The fraction of sp³-hybridized carbons (Fsp3) is 0.778. The Hall–Kier alpha value is -1.10. The van der Waals surface area contributed by atoms with Gasteiger partial charge in [-0.25, -0.2) is 4.68 Å². The molecule has 1 aromatic rings. The second kappa shape index (κ2) is 3.96. The van der Waals surface area contributed by atoms with Crippen LogP contribution in [-0.2, 0) is 6.42 Å². The quantitative estimate of drug-likeness (QED) is 0.739. The van der Waals surface area contributed by atoms with Crippen LogP contribution in [0.15, 0.2) is 0 Å². The van der Waals surface area contributed by atoms with Crippen LogP contribution >= 0.6 is 0 Å². The number of rotatable bonds is 3. The molecule has 14 heavy (non-hydrogen) atoms. The number of aromatic nitrogens is 3. The number of anilines is 1. The Balaban J connectivity index is 2.13. The first-order chi connectivity index (χ1) is 6.81. The van der Waals surface area contributed by atoms with Crippen molar-refractivity contribution in [2.24, 2.45) is 5.73 Å². The van der Waals surface area contributed by atoms with Crippen LogP contribution < -0.4 is 11.1 Å². The molecule has 1 aliphatic rings. The number of hydrogen-bond acceptors (Lipinski definition) is 4. The molecule has 2 heterocycles. The summed E-state index contributed by atoms with van der Waals surface area (Å²) in [6.07, 6.45) is 2.95. The third-order valence-corrected chi connectivity index (χ3v) is 2.54. The predicted molar refractivity (Wildman–Crippen MR) is 55.2 cm³/mol. The SMILES string of the molecule is CC1CCNc2nc(CCCN)nn21. The zero-order valence-electron chi connectivity index (χ0n) is 8.53. The smallest absolute Gasteiger partial charge is 0.221 e. The summed E-state index contributed by atoms with van der Waals surface area (Å²) < 4.78 is 1.98. The Bertz CT molecular complexity index is 306. The van der Waals surface area contributed by atoms with E-state index in [-0.39, 0.29) is 0 Å². The lowest BCUT2D eigenvalue weighted by molar-refractivity contribution is 0.448. The van der Waals surface area contributed by atoms with E-state index in [9.17, 15) is 0 Å². The van der Waals surface area contributed by atoms with Gasteiger partial charge in [-0.1, -0.05) is 0 Å². The van der Waals surface area contributed by atoms with Crippen LogP contribution in [0.1, 0.15) is 31.6 Å². The van der Waals surface area contributed by atoms with Crippen molar-refractivity contribution in [3.63, 3.8) is 0 Å². The van der Waals surface area contributed by atoms with Crippen LogP contribution in [0, 0.1) is 0 Å². The fourth-order valence-corrected chi connectivity index (χ4v) is 1.68. The van der Waals surface area contributed by atoms with E-state index < -0.39 is 0 Å². The van der Waals surface area contributed by atoms with Gasteiger partial charge >= 0.3 is 0 Å². The molecule has 0 fully saturated rings. The van der Waals surface area contributed by atoms with Crippen molar-refractivity contribution in [3.05, 3.63) is 5.82 Å². The molecule has 0 aromatic carbocycles. The summed E-state index contributed by atoms with van der Waals surface area (Å²) in [5.74, 6) is 1.82. The van der Waals surface area contributed by atoms with Gasteiger partial charge in [-0.3, -0.25) is 0 Å². The monoisotopic (exact) mass is 195 g/mol. The Morgan fingerprint density at radius 2 is 2.50 bits per heavy atom. The van der Waals surface area contributed by atoms with E-state index >= 15 is 0 Å². The maximum absolute atomic E-state index is 5.45. The summed E-state index contributed by atoms with van der Waals surface area (Å²) in [7, 11) is 0. The average Bonchev–Trinajstić information content (AvgIpc) is 2.59. The van der Waals surface area contributed by atoms with E-state index in [1.807, 2.05) is 4.68 Å². The molecule has 0 aliphatic carbocycles. The molecule has 1 atom stereocenters. The van der Waals surface area contributed by atoms with Crippen molar-refractivity contribution in [3.8, 4) is 0 Å². The van der Waals surface area contributed by atoms with Gasteiger partial charge in [-0.15, -0.1) is 0 Å². The van der Waals surface area contributed by atoms with Crippen molar-refractivity contribution >= 4 is 5.95 Å². The molecule has 1 aromatic heterocycles. The highest BCUT2D eigenvalue weighted by molar-refractivity contribution is 5.27. The first-order valence-corrected chi connectivity index (χ1v) is 5.20. The molecule has 2 rings (SSSR count). The average molecular weight is 195 g/mol. The molecule has 0 saturated carbocycles. The second-order valence-electron chi connectivity index (χ2n) is 3.75. The highest BCUT2D eigenvalue weighted by atomic mass is 15.4. The number of aryl methyl sites for hydroxylation is 1. The summed E-state index contributed by atoms with van der Waals surface area (Å²) >= 11 is 0. The van der Waals surface area contributed by atoms with E-state index in [1.165, 1.54) is 0 Å². The van der Waals surface area contributed by atoms with E-state index in [4.69, 9.17) is 5.73 Å². The van der Waals surface area contributed by atoms with Crippen molar-refractivity contribution in [2.45, 2.75) is 32.2 Å². The number of nitrogens with zero attached hydrogens (tertiary/aromatic N) is 3. The highest BCUT2D eigenvalue weighted by Gasteiger charge is 2.18. The van der Waals surface area contributed by atoms with Gasteiger partial charge in [-0.2, -0.15) is 10.1 Å². The molecular formula is C9H17N5. The van der Waals surface area contributed by atoms with E-state index in [1.54, 1.807) is 0 Å². The van der Waals surface area contributed by atoms with Crippen molar-refractivity contribution in [1.82, 2.24) is 14.8 Å². The predicted octanol–water partition coefficient (Wildman–Crippen LogP) is 0.546. The summed E-state index contributed by atoms with van der Waals surface area (Å²) in [5, 5.41) is 7.70. The largest absolute Gasteiger partial charge is 0.354 e. The van der Waals surface area contributed by atoms with Crippen molar-refractivity contribution in [1.29, 1.82) is 0 Å². The lowest BCUT2D eigenvalue weighted by Crippen LogP contribution is -2.21. The van der Waals surface area contributed by atoms with Crippen LogP contribution in [0.25, 0.3) is 0 Å². The zero-order valence-corrected chi connectivity index (χ0v) is 8.53. The topological polar surface area (TPSA) is 68.8 Å². The van der Waals surface area contributed by atoms with Crippen LogP contribution in [0.2, 0.25) is 0 Å². The van der Waals surface area contributed by atoms with Crippen molar-refractivity contribution in [2.75, 3.05) is 18.4 Å².